The fraction of sp³-hybridized carbons (Fsp3) is 0.0909. The summed E-state index contributed by atoms with van der Waals surface area (Å²) in [6.45, 7) is 4.61. The number of rotatable bonds is 8. The molecule has 0 saturated carbocycles. The van der Waals surface area contributed by atoms with Crippen LogP contribution < -0.4 is 4.74 Å². The van der Waals surface area contributed by atoms with E-state index in [1.807, 2.05) is 54.7 Å². The van der Waals surface area contributed by atoms with Crippen LogP contribution in [0, 0.1) is 6.92 Å². The van der Waals surface area contributed by atoms with E-state index in [-0.39, 0.29) is 5.56 Å². The molecule has 40 heavy (non-hydrogen) atoms. The van der Waals surface area contributed by atoms with Crippen molar-refractivity contribution >= 4 is 41.3 Å². The third-order valence-electron chi connectivity index (χ3n) is 6.54. The van der Waals surface area contributed by atoms with Gasteiger partial charge in [0.1, 0.15) is 17.3 Å². The van der Waals surface area contributed by atoms with Crippen LogP contribution in [0.3, 0.4) is 0 Å². The van der Waals surface area contributed by atoms with Gasteiger partial charge in [-0.25, -0.2) is 9.78 Å². The minimum atomic E-state index is -0.948. The predicted octanol–water partition coefficient (Wildman–Crippen LogP) is 9.51. The number of nitrogens with zero attached hydrogens (tertiary/aromatic N) is 2. The van der Waals surface area contributed by atoms with E-state index in [4.69, 9.17) is 32.9 Å². The van der Waals surface area contributed by atoms with Gasteiger partial charge in [-0.3, -0.25) is 0 Å². The van der Waals surface area contributed by atoms with Crippen LogP contribution >= 0.6 is 23.2 Å². The number of carbonyl (C=O) groups is 1. The number of carboxylic acid groups (broad SMARTS) is 1. The molecule has 0 aliphatic carbocycles. The van der Waals surface area contributed by atoms with Gasteiger partial charge >= 0.3 is 5.97 Å². The maximum Gasteiger partial charge on any atom is 0.335 e. The quantitative estimate of drug-likeness (QED) is 0.202. The van der Waals surface area contributed by atoms with Crippen molar-refractivity contribution in [2.24, 2.45) is 0 Å². The smallest absolute Gasteiger partial charge is 0.335 e. The molecule has 0 fully saturated rings. The number of carboxylic acids is 1. The standard InChI is InChI=1S/C33H26Cl2N2O3/c1-3-37-20-31(29-15-11-25(34)19-30(29)35)36-32(37)17-6-22-4-7-23(8-5-22)24-9-12-26(13-10-24)40-27-14-16-28(33(38)39)21(2)18-27/h4-20H,3H2,1-2H3,(H,38,39)/b17-6+. The van der Waals surface area contributed by atoms with Crippen molar-refractivity contribution in [1.82, 2.24) is 9.55 Å². The van der Waals surface area contributed by atoms with Gasteiger partial charge in [0, 0.05) is 23.3 Å². The summed E-state index contributed by atoms with van der Waals surface area (Å²) in [6.07, 6.45) is 6.04. The van der Waals surface area contributed by atoms with Crippen molar-refractivity contribution < 1.29 is 14.6 Å². The summed E-state index contributed by atoms with van der Waals surface area (Å²) in [4.78, 5) is 16.0. The summed E-state index contributed by atoms with van der Waals surface area (Å²) in [5.74, 6) is 1.17. The fourth-order valence-electron chi connectivity index (χ4n) is 4.39. The van der Waals surface area contributed by atoms with Crippen molar-refractivity contribution in [3.8, 4) is 33.9 Å². The zero-order chi connectivity index (χ0) is 28.2. The molecule has 0 atom stereocenters. The van der Waals surface area contributed by atoms with Crippen LogP contribution in [0.15, 0.2) is 91.1 Å². The molecule has 1 aromatic heterocycles. The molecule has 4 aromatic carbocycles. The molecule has 0 radical (unpaired) electrons. The van der Waals surface area contributed by atoms with Gasteiger partial charge in [-0.1, -0.05) is 65.7 Å². The second-order valence-electron chi connectivity index (χ2n) is 9.26. The van der Waals surface area contributed by atoms with E-state index < -0.39 is 5.97 Å². The lowest BCUT2D eigenvalue weighted by atomic mass is 10.0. The maximum atomic E-state index is 11.2. The molecule has 1 heterocycles. The summed E-state index contributed by atoms with van der Waals surface area (Å²) >= 11 is 12.4. The van der Waals surface area contributed by atoms with Gasteiger partial charge in [-0.15, -0.1) is 0 Å². The van der Waals surface area contributed by atoms with Crippen LogP contribution in [0.2, 0.25) is 10.0 Å². The predicted molar refractivity (Wildman–Crippen MR) is 162 cm³/mol. The van der Waals surface area contributed by atoms with Gasteiger partial charge in [0.25, 0.3) is 0 Å². The third kappa shape index (κ3) is 6.12. The highest BCUT2D eigenvalue weighted by Gasteiger charge is 2.11. The van der Waals surface area contributed by atoms with Gasteiger partial charge in [0.2, 0.25) is 0 Å². The first-order chi connectivity index (χ1) is 19.3. The minimum absolute atomic E-state index is 0.268. The number of benzene rings is 4. The normalized spacial score (nSPS) is 11.2. The van der Waals surface area contributed by atoms with Gasteiger partial charge in [0.05, 0.1) is 16.3 Å². The van der Waals surface area contributed by atoms with E-state index in [1.54, 1.807) is 31.2 Å². The molecule has 5 rings (SSSR count). The molecule has 0 bridgehead atoms. The van der Waals surface area contributed by atoms with Crippen molar-refractivity contribution in [1.29, 1.82) is 0 Å². The Kier molecular flexibility index (Phi) is 8.06. The summed E-state index contributed by atoms with van der Waals surface area (Å²) < 4.78 is 8.00. The Labute approximate surface area is 242 Å². The largest absolute Gasteiger partial charge is 0.478 e. The van der Waals surface area contributed by atoms with Crippen LogP contribution in [0.4, 0.5) is 0 Å². The second kappa shape index (κ2) is 11.8. The topological polar surface area (TPSA) is 64.4 Å². The van der Waals surface area contributed by atoms with E-state index in [9.17, 15) is 9.90 Å². The van der Waals surface area contributed by atoms with Crippen LogP contribution in [0.5, 0.6) is 11.5 Å². The third-order valence-corrected chi connectivity index (χ3v) is 7.09. The van der Waals surface area contributed by atoms with Crippen molar-refractivity contribution in [2.45, 2.75) is 20.4 Å². The highest BCUT2D eigenvalue weighted by Crippen LogP contribution is 2.31. The van der Waals surface area contributed by atoms with Crippen molar-refractivity contribution in [2.75, 3.05) is 0 Å². The molecular weight excluding hydrogens is 543 g/mol. The minimum Gasteiger partial charge on any atom is -0.478 e. The number of aryl methyl sites for hydroxylation is 2. The Balaban J connectivity index is 1.27. The molecule has 0 spiro atoms. The van der Waals surface area contributed by atoms with Crippen LogP contribution in [0.1, 0.15) is 34.2 Å². The van der Waals surface area contributed by atoms with Gasteiger partial charge in [-0.05, 0) is 90.7 Å². The number of aromatic carboxylic acids is 1. The highest BCUT2D eigenvalue weighted by atomic mass is 35.5. The summed E-state index contributed by atoms with van der Waals surface area (Å²) in [6, 6.07) is 26.5. The first-order valence-corrected chi connectivity index (χ1v) is 13.5. The average molecular weight is 569 g/mol. The van der Waals surface area contributed by atoms with Crippen LogP contribution in [-0.4, -0.2) is 20.6 Å². The number of imidazole rings is 1. The van der Waals surface area contributed by atoms with Gasteiger partial charge < -0.3 is 14.4 Å². The van der Waals surface area contributed by atoms with E-state index in [0.717, 1.165) is 40.3 Å². The zero-order valence-electron chi connectivity index (χ0n) is 21.9. The molecule has 1 N–H and O–H groups in total. The molecular formula is C33H26Cl2N2O3. The fourth-order valence-corrected chi connectivity index (χ4v) is 4.90. The molecule has 0 unspecified atom stereocenters. The molecule has 5 nitrogen and oxygen atoms in total. The van der Waals surface area contributed by atoms with E-state index >= 15 is 0 Å². The first kappa shape index (κ1) is 27.3. The molecule has 200 valence electrons. The van der Waals surface area contributed by atoms with Crippen LogP contribution in [-0.2, 0) is 6.54 Å². The summed E-state index contributed by atoms with van der Waals surface area (Å²) in [5, 5.41) is 10.4. The van der Waals surface area contributed by atoms with Crippen molar-refractivity contribution in [3.63, 3.8) is 0 Å². The van der Waals surface area contributed by atoms with E-state index in [1.165, 1.54) is 0 Å². The summed E-state index contributed by atoms with van der Waals surface area (Å²) in [5.41, 5.74) is 5.77. The highest BCUT2D eigenvalue weighted by molar-refractivity contribution is 6.36. The van der Waals surface area contributed by atoms with E-state index in [0.29, 0.717) is 27.1 Å². The maximum absolute atomic E-state index is 11.2. The molecule has 0 amide bonds. The second-order valence-corrected chi connectivity index (χ2v) is 10.1. The molecule has 7 heteroatoms. The first-order valence-electron chi connectivity index (χ1n) is 12.7. The molecule has 0 saturated heterocycles. The molecule has 0 aliphatic rings. The Morgan fingerprint density at radius 2 is 1.57 bits per heavy atom. The number of halogens is 2. The lowest BCUT2D eigenvalue weighted by molar-refractivity contribution is 0.0696. The zero-order valence-corrected chi connectivity index (χ0v) is 23.4. The Hall–Kier alpha value is -4.32. The monoisotopic (exact) mass is 568 g/mol. The molecule has 0 aliphatic heterocycles. The SMILES string of the molecule is CCn1cc(-c2ccc(Cl)cc2Cl)nc1/C=C/c1ccc(-c2ccc(Oc3ccc(C(=O)O)c(C)c3)cc2)cc1. The Morgan fingerprint density at radius 3 is 2.20 bits per heavy atom. The number of hydrogen-bond acceptors (Lipinski definition) is 3. The Bertz CT molecular complexity index is 1710. The van der Waals surface area contributed by atoms with Crippen molar-refractivity contribution in [3.05, 3.63) is 124 Å². The lowest BCUT2D eigenvalue weighted by Crippen LogP contribution is -1.99. The average Bonchev–Trinajstić information content (AvgIpc) is 3.35. The number of aromatic nitrogens is 2. The lowest BCUT2D eigenvalue weighted by Gasteiger charge is -2.09. The molecule has 5 aromatic rings. The summed E-state index contributed by atoms with van der Waals surface area (Å²) in [7, 11) is 0. The van der Waals surface area contributed by atoms with Crippen LogP contribution in [0.25, 0.3) is 34.5 Å². The number of ether oxygens (including phenoxy) is 1. The van der Waals surface area contributed by atoms with Gasteiger partial charge in [-0.2, -0.15) is 0 Å². The van der Waals surface area contributed by atoms with E-state index in [2.05, 4.69) is 35.8 Å². The Morgan fingerprint density at radius 1 is 0.900 bits per heavy atom. The number of hydrogen-bond donors (Lipinski definition) is 1. The van der Waals surface area contributed by atoms with Gasteiger partial charge in [0.15, 0.2) is 0 Å².